The van der Waals surface area contributed by atoms with E-state index in [2.05, 4.69) is 58.8 Å². The summed E-state index contributed by atoms with van der Waals surface area (Å²) in [6.07, 6.45) is 10.9. The zero-order valence-corrected chi connectivity index (χ0v) is 14.8. The Hall–Kier alpha value is -2.91. The first-order valence-electron chi connectivity index (χ1n) is 8.95. The summed E-state index contributed by atoms with van der Waals surface area (Å²) in [7, 11) is 0. The normalized spacial score (nSPS) is 22.3. The van der Waals surface area contributed by atoms with E-state index in [1.165, 1.54) is 5.56 Å². The Balaban J connectivity index is 1.62. The minimum atomic E-state index is -0.499. The van der Waals surface area contributed by atoms with E-state index < -0.39 is 5.72 Å². The molecule has 0 aliphatic carbocycles. The van der Waals surface area contributed by atoms with Crippen LogP contribution in [0, 0.1) is 0 Å². The molecule has 1 aromatic heterocycles. The number of nitrogens with zero attached hydrogens (tertiary/aromatic N) is 1. The van der Waals surface area contributed by atoms with E-state index in [0.29, 0.717) is 0 Å². The fraction of sp³-hybridized carbons (Fsp3) is 0.174. The maximum atomic E-state index is 6.15. The van der Waals surface area contributed by atoms with Crippen molar-refractivity contribution in [3.63, 3.8) is 0 Å². The Bertz CT molecular complexity index is 943. The molecule has 26 heavy (non-hydrogen) atoms. The van der Waals surface area contributed by atoms with Gasteiger partial charge >= 0.3 is 0 Å². The lowest BCUT2D eigenvalue weighted by atomic mass is 10.0. The second-order valence-electron chi connectivity index (χ2n) is 6.48. The van der Waals surface area contributed by atoms with Crippen molar-refractivity contribution >= 4 is 16.6 Å². The molecular weight excluding hydrogens is 320 g/mol. The van der Waals surface area contributed by atoms with Crippen LogP contribution in [-0.4, -0.2) is 16.8 Å². The van der Waals surface area contributed by atoms with E-state index in [0.717, 1.165) is 23.0 Å². The maximum absolute atomic E-state index is 6.15. The molecule has 1 aliphatic rings. The number of rotatable bonds is 6. The molecule has 0 amide bonds. The van der Waals surface area contributed by atoms with Gasteiger partial charge in [-0.15, -0.1) is 0 Å². The second kappa shape index (κ2) is 7.14. The Labute approximate surface area is 154 Å². The molecule has 4 rings (SSSR count). The Morgan fingerprint density at radius 1 is 1.04 bits per heavy atom. The van der Waals surface area contributed by atoms with Crippen LogP contribution in [0.15, 0.2) is 91.2 Å². The van der Waals surface area contributed by atoms with Gasteiger partial charge in [-0.2, -0.15) is 0 Å². The van der Waals surface area contributed by atoms with Crippen LogP contribution in [0.3, 0.4) is 0 Å². The quantitative estimate of drug-likeness (QED) is 0.499. The number of epoxide rings is 1. The Morgan fingerprint density at radius 3 is 2.73 bits per heavy atom. The Kier molecular flexibility index (Phi) is 4.55. The number of ether oxygens (including phenoxy) is 1. The number of aromatic nitrogens is 1. The van der Waals surface area contributed by atoms with Gasteiger partial charge in [0.15, 0.2) is 5.72 Å². The molecule has 0 radical (unpaired) electrons. The number of fused-ring (bicyclic) bond motifs is 1. The van der Waals surface area contributed by atoms with Crippen LogP contribution in [0.2, 0.25) is 0 Å². The second-order valence-corrected chi connectivity index (χ2v) is 6.48. The van der Waals surface area contributed by atoms with Crippen molar-refractivity contribution in [1.29, 1.82) is 0 Å². The van der Waals surface area contributed by atoms with Crippen molar-refractivity contribution < 1.29 is 4.74 Å². The topological polar surface area (TPSA) is 37.5 Å². The average Bonchev–Trinajstić information content (AvgIpc) is 3.34. The highest BCUT2D eigenvalue weighted by molar-refractivity contribution is 5.90. The van der Waals surface area contributed by atoms with Gasteiger partial charge in [-0.3, -0.25) is 4.98 Å². The molecule has 2 aromatic carbocycles. The first kappa shape index (κ1) is 16.6. The van der Waals surface area contributed by atoms with Gasteiger partial charge in [-0.1, -0.05) is 66.8 Å². The van der Waals surface area contributed by atoms with Crippen LogP contribution in [-0.2, 0) is 11.2 Å². The van der Waals surface area contributed by atoms with Crippen molar-refractivity contribution in [1.82, 2.24) is 4.98 Å². The van der Waals surface area contributed by atoms with E-state index in [1.54, 1.807) is 0 Å². The first-order valence-corrected chi connectivity index (χ1v) is 8.95. The zero-order chi connectivity index (χ0) is 17.8. The molecule has 1 aliphatic heterocycles. The molecule has 1 fully saturated rings. The minimum absolute atomic E-state index is 0.0883. The van der Waals surface area contributed by atoms with Crippen LogP contribution in [0.25, 0.3) is 10.9 Å². The van der Waals surface area contributed by atoms with Gasteiger partial charge < -0.3 is 10.1 Å². The highest BCUT2D eigenvalue weighted by Gasteiger charge is 2.54. The fourth-order valence-corrected chi connectivity index (χ4v) is 3.25. The molecule has 3 heteroatoms. The van der Waals surface area contributed by atoms with E-state index >= 15 is 0 Å². The van der Waals surface area contributed by atoms with E-state index in [4.69, 9.17) is 4.74 Å². The molecule has 0 spiro atoms. The fourth-order valence-electron chi connectivity index (χ4n) is 3.25. The van der Waals surface area contributed by atoms with E-state index in [-0.39, 0.29) is 6.10 Å². The number of pyridine rings is 1. The number of hydrogen-bond donors (Lipinski definition) is 1. The van der Waals surface area contributed by atoms with Gasteiger partial charge in [0.1, 0.15) is 6.10 Å². The standard InChI is InChI=1S/C23H22N2O/c1-2-3-7-15-23(21(26-23)17-18-10-5-4-6-11-18)25-20-14-8-12-19-13-9-16-24-22(19)20/h2-16,21,25H,17H2,1H3/b3-2-,15-7-/t21?,23-/m1/s1. The molecule has 3 aromatic rings. The average molecular weight is 342 g/mol. The van der Waals surface area contributed by atoms with Crippen LogP contribution < -0.4 is 5.32 Å². The lowest BCUT2D eigenvalue weighted by Crippen LogP contribution is -2.25. The molecule has 0 bridgehead atoms. The predicted octanol–water partition coefficient (Wildman–Crippen LogP) is 5.12. The predicted molar refractivity (Wildman–Crippen MR) is 107 cm³/mol. The van der Waals surface area contributed by atoms with Crippen molar-refractivity contribution in [2.24, 2.45) is 0 Å². The van der Waals surface area contributed by atoms with Crippen LogP contribution in [0.1, 0.15) is 12.5 Å². The maximum Gasteiger partial charge on any atom is 0.185 e. The minimum Gasteiger partial charge on any atom is -0.350 e. The van der Waals surface area contributed by atoms with Gasteiger partial charge in [0.2, 0.25) is 0 Å². The summed E-state index contributed by atoms with van der Waals surface area (Å²) >= 11 is 0. The smallest absolute Gasteiger partial charge is 0.185 e. The number of para-hydroxylation sites is 1. The summed E-state index contributed by atoms with van der Waals surface area (Å²) < 4.78 is 6.15. The number of allylic oxidation sites excluding steroid dienone is 3. The molecule has 2 atom stereocenters. The molecule has 1 N–H and O–H groups in total. The van der Waals surface area contributed by atoms with Crippen molar-refractivity contribution in [2.45, 2.75) is 25.2 Å². The molecule has 3 nitrogen and oxygen atoms in total. The largest absolute Gasteiger partial charge is 0.350 e. The lowest BCUT2D eigenvalue weighted by Gasteiger charge is -2.14. The summed E-state index contributed by atoms with van der Waals surface area (Å²) in [6, 6.07) is 20.7. The lowest BCUT2D eigenvalue weighted by molar-refractivity contribution is 0.347. The third-order valence-corrected chi connectivity index (χ3v) is 4.63. The van der Waals surface area contributed by atoms with Gasteiger partial charge in [-0.25, -0.2) is 0 Å². The summed E-state index contributed by atoms with van der Waals surface area (Å²) in [6.45, 7) is 2.01. The third-order valence-electron chi connectivity index (χ3n) is 4.63. The molecule has 130 valence electrons. The highest BCUT2D eigenvalue weighted by atomic mass is 16.6. The van der Waals surface area contributed by atoms with Gasteiger partial charge in [0, 0.05) is 18.0 Å². The monoisotopic (exact) mass is 342 g/mol. The number of hydrogen-bond acceptors (Lipinski definition) is 3. The van der Waals surface area contributed by atoms with Crippen LogP contribution in [0.4, 0.5) is 5.69 Å². The molecule has 1 unspecified atom stereocenters. The van der Waals surface area contributed by atoms with Crippen LogP contribution >= 0.6 is 0 Å². The van der Waals surface area contributed by atoms with E-state index in [9.17, 15) is 0 Å². The van der Waals surface area contributed by atoms with Crippen molar-refractivity contribution in [3.05, 3.63) is 96.7 Å². The van der Waals surface area contributed by atoms with Crippen molar-refractivity contribution in [3.8, 4) is 0 Å². The summed E-state index contributed by atoms with van der Waals surface area (Å²) in [5.41, 5.74) is 2.73. The third kappa shape index (κ3) is 3.39. The first-order chi connectivity index (χ1) is 12.8. The number of anilines is 1. The summed E-state index contributed by atoms with van der Waals surface area (Å²) in [4.78, 5) is 4.54. The summed E-state index contributed by atoms with van der Waals surface area (Å²) in [5, 5.41) is 4.71. The molecule has 2 heterocycles. The molecular formula is C23H22N2O. The zero-order valence-electron chi connectivity index (χ0n) is 14.8. The molecule has 0 saturated carbocycles. The number of nitrogens with one attached hydrogen (secondary N) is 1. The SMILES string of the molecule is C/C=C\C=C/[C@@]1(Nc2cccc3cccnc23)OC1Cc1ccccc1. The van der Waals surface area contributed by atoms with E-state index in [1.807, 2.05) is 49.5 Å². The summed E-state index contributed by atoms with van der Waals surface area (Å²) in [5.74, 6) is 0. The molecule has 1 saturated heterocycles. The van der Waals surface area contributed by atoms with Gasteiger partial charge in [-0.05, 0) is 30.7 Å². The Morgan fingerprint density at radius 2 is 1.88 bits per heavy atom. The van der Waals surface area contributed by atoms with Gasteiger partial charge in [0.05, 0.1) is 11.2 Å². The van der Waals surface area contributed by atoms with Gasteiger partial charge in [0.25, 0.3) is 0 Å². The van der Waals surface area contributed by atoms with Crippen molar-refractivity contribution in [2.75, 3.05) is 5.32 Å². The van der Waals surface area contributed by atoms with Crippen LogP contribution in [0.5, 0.6) is 0 Å². The highest BCUT2D eigenvalue weighted by Crippen LogP contribution is 2.42. The number of benzene rings is 2.